The Morgan fingerprint density at radius 2 is 1.82 bits per heavy atom. The number of anilines is 1. The molecule has 33 heavy (non-hydrogen) atoms. The van der Waals surface area contributed by atoms with Crippen LogP contribution < -0.4 is 4.90 Å². The summed E-state index contributed by atoms with van der Waals surface area (Å²) in [5.41, 5.74) is 2.50. The number of amides is 1. The van der Waals surface area contributed by atoms with Gasteiger partial charge in [0.25, 0.3) is 0 Å². The van der Waals surface area contributed by atoms with Gasteiger partial charge >= 0.3 is 0 Å². The van der Waals surface area contributed by atoms with Crippen molar-refractivity contribution >= 4 is 11.8 Å². The molecule has 2 aromatic carbocycles. The predicted molar refractivity (Wildman–Crippen MR) is 125 cm³/mol. The van der Waals surface area contributed by atoms with Crippen molar-refractivity contribution in [2.75, 3.05) is 31.2 Å². The summed E-state index contributed by atoms with van der Waals surface area (Å²) >= 11 is 0. The third-order valence-electron chi connectivity index (χ3n) is 6.16. The molecule has 1 saturated heterocycles. The maximum absolute atomic E-state index is 14.7. The Kier molecular flexibility index (Phi) is 7.40. The predicted octanol–water partition coefficient (Wildman–Crippen LogP) is 4.69. The first-order valence-corrected chi connectivity index (χ1v) is 11.5. The van der Waals surface area contributed by atoms with Gasteiger partial charge in [-0.25, -0.2) is 4.39 Å². The Morgan fingerprint density at radius 3 is 2.52 bits per heavy atom. The highest BCUT2D eigenvalue weighted by molar-refractivity contribution is 5.80. The molecule has 0 radical (unpaired) electrons. The molecule has 0 bridgehead atoms. The van der Waals surface area contributed by atoms with Crippen molar-refractivity contribution in [3.8, 4) is 11.3 Å². The second-order valence-corrected chi connectivity index (χ2v) is 8.34. The molecule has 4 rings (SSSR count). The Hall–Kier alpha value is -3.19. The summed E-state index contributed by atoms with van der Waals surface area (Å²) < 4.78 is 26.0. The van der Waals surface area contributed by atoms with Crippen molar-refractivity contribution in [1.29, 1.82) is 0 Å². The van der Waals surface area contributed by atoms with Crippen LogP contribution in [0, 0.1) is 5.82 Å². The van der Waals surface area contributed by atoms with Gasteiger partial charge in [0.15, 0.2) is 0 Å². The summed E-state index contributed by atoms with van der Waals surface area (Å²) in [4.78, 5) is 17.3. The lowest BCUT2D eigenvalue weighted by Gasteiger charge is -2.31. The van der Waals surface area contributed by atoms with E-state index in [1.54, 1.807) is 18.2 Å². The summed E-state index contributed by atoms with van der Waals surface area (Å²) in [5, 5.41) is 4.27. The quantitative estimate of drug-likeness (QED) is 0.497. The second kappa shape index (κ2) is 10.6. The lowest BCUT2D eigenvalue weighted by molar-refractivity contribution is -0.133. The Balaban J connectivity index is 1.71. The van der Waals surface area contributed by atoms with Crippen molar-refractivity contribution in [3.63, 3.8) is 0 Å². The number of aromatic nitrogens is 1. The number of hydrogen-bond acceptors (Lipinski definition) is 5. The lowest BCUT2D eigenvalue weighted by atomic mass is 10.0. The van der Waals surface area contributed by atoms with Crippen LogP contribution in [0.3, 0.4) is 0 Å². The van der Waals surface area contributed by atoms with Crippen LogP contribution in [-0.4, -0.2) is 48.3 Å². The summed E-state index contributed by atoms with van der Waals surface area (Å²) in [5.74, 6) is 0.229. The fraction of sp³-hybridized carbons (Fsp3) is 0.385. The van der Waals surface area contributed by atoms with Gasteiger partial charge in [-0.3, -0.25) is 4.79 Å². The van der Waals surface area contributed by atoms with E-state index in [-0.39, 0.29) is 17.8 Å². The molecular formula is C26H30FN3O3. The number of carbonyl (C=O) groups excluding carboxylic acids is 1. The Morgan fingerprint density at radius 1 is 1.12 bits per heavy atom. The fourth-order valence-electron chi connectivity index (χ4n) is 4.08. The minimum atomic E-state index is -0.369. The van der Waals surface area contributed by atoms with Crippen LogP contribution in [0.2, 0.25) is 0 Å². The first kappa shape index (κ1) is 23.0. The number of rotatable bonds is 8. The molecule has 0 saturated carbocycles. The molecule has 2 heterocycles. The largest absolute Gasteiger partial charge is 0.378 e. The fourth-order valence-corrected chi connectivity index (χ4v) is 4.08. The highest BCUT2D eigenvalue weighted by atomic mass is 19.1. The summed E-state index contributed by atoms with van der Waals surface area (Å²) in [6, 6.07) is 16.2. The maximum Gasteiger partial charge on any atom is 0.233 e. The molecule has 7 heteroatoms. The summed E-state index contributed by atoms with van der Waals surface area (Å²) in [6.07, 6.45) is 1.10. The van der Waals surface area contributed by atoms with Crippen molar-refractivity contribution in [1.82, 2.24) is 10.1 Å². The molecule has 1 aromatic heterocycles. The summed E-state index contributed by atoms with van der Waals surface area (Å²) in [7, 11) is 0. The third-order valence-corrected chi connectivity index (χ3v) is 6.16. The van der Waals surface area contributed by atoms with E-state index in [0.29, 0.717) is 56.4 Å². The van der Waals surface area contributed by atoms with Gasteiger partial charge in [-0.05, 0) is 31.0 Å². The van der Waals surface area contributed by atoms with Gasteiger partial charge in [-0.1, -0.05) is 54.5 Å². The molecule has 0 aliphatic carbocycles. The zero-order chi connectivity index (χ0) is 23.2. The zero-order valence-electron chi connectivity index (χ0n) is 19.2. The van der Waals surface area contributed by atoms with Crippen molar-refractivity contribution < 1.29 is 18.4 Å². The SMILES string of the molecule is CC[C@H](C)N(Cc1c(-c2ccccc2F)noc1N1CCOCC1)C(=O)Cc1ccccc1. The van der Waals surface area contributed by atoms with E-state index in [2.05, 4.69) is 17.0 Å². The molecule has 1 amide bonds. The molecule has 1 aliphatic heterocycles. The molecule has 0 spiro atoms. The van der Waals surface area contributed by atoms with Crippen LogP contribution in [0.15, 0.2) is 59.1 Å². The number of morpholine rings is 1. The normalized spacial score (nSPS) is 14.8. The van der Waals surface area contributed by atoms with E-state index in [0.717, 1.165) is 17.5 Å². The van der Waals surface area contributed by atoms with Crippen LogP contribution in [0.4, 0.5) is 10.3 Å². The van der Waals surface area contributed by atoms with E-state index in [4.69, 9.17) is 9.26 Å². The standard InChI is InChI=1S/C26H30FN3O3/c1-3-19(2)30(24(31)17-20-9-5-4-6-10-20)18-22-25(21-11-7-8-12-23(21)27)28-33-26(22)29-13-15-32-16-14-29/h4-12,19H,3,13-18H2,1-2H3/t19-/m0/s1. The highest BCUT2D eigenvalue weighted by Crippen LogP contribution is 2.34. The van der Waals surface area contributed by atoms with E-state index in [1.165, 1.54) is 6.07 Å². The minimum Gasteiger partial charge on any atom is -0.378 e. The van der Waals surface area contributed by atoms with Crippen LogP contribution in [0.1, 0.15) is 31.4 Å². The molecule has 6 nitrogen and oxygen atoms in total. The average Bonchev–Trinajstić information content (AvgIpc) is 3.26. The van der Waals surface area contributed by atoms with E-state index >= 15 is 0 Å². The molecule has 174 valence electrons. The topological polar surface area (TPSA) is 58.8 Å². The number of nitrogens with zero attached hydrogens (tertiary/aromatic N) is 3. The van der Waals surface area contributed by atoms with Gasteiger partial charge in [0.05, 0.1) is 31.7 Å². The van der Waals surface area contributed by atoms with E-state index in [9.17, 15) is 9.18 Å². The van der Waals surface area contributed by atoms with Gasteiger partial charge in [0.1, 0.15) is 11.5 Å². The number of ether oxygens (including phenoxy) is 1. The van der Waals surface area contributed by atoms with Gasteiger partial charge in [0, 0.05) is 24.7 Å². The number of benzene rings is 2. The van der Waals surface area contributed by atoms with E-state index in [1.807, 2.05) is 42.2 Å². The molecule has 0 unspecified atom stereocenters. The smallest absolute Gasteiger partial charge is 0.233 e. The number of hydrogen-bond donors (Lipinski definition) is 0. The van der Waals surface area contributed by atoms with Gasteiger partial charge in [-0.15, -0.1) is 0 Å². The number of carbonyl (C=O) groups is 1. The minimum absolute atomic E-state index is 0.00196. The lowest BCUT2D eigenvalue weighted by Crippen LogP contribution is -2.40. The second-order valence-electron chi connectivity index (χ2n) is 8.34. The first-order valence-electron chi connectivity index (χ1n) is 11.5. The van der Waals surface area contributed by atoms with Crippen molar-refractivity contribution in [2.45, 2.75) is 39.3 Å². The Bertz CT molecular complexity index is 1060. The average molecular weight is 452 g/mol. The molecular weight excluding hydrogens is 421 g/mol. The maximum atomic E-state index is 14.7. The van der Waals surface area contributed by atoms with Crippen LogP contribution in [0.25, 0.3) is 11.3 Å². The summed E-state index contributed by atoms with van der Waals surface area (Å²) in [6.45, 7) is 6.85. The monoisotopic (exact) mass is 451 g/mol. The van der Waals surface area contributed by atoms with Gasteiger partial charge in [0.2, 0.25) is 11.8 Å². The van der Waals surface area contributed by atoms with Crippen molar-refractivity contribution in [3.05, 3.63) is 71.5 Å². The van der Waals surface area contributed by atoms with Crippen molar-refractivity contribution in [2.24, 2.45) is 0 Å². The van der Waals surface area contributed by atoms with Crippen LogP contribution >= 0.6 is 0 Å². The Labute approximate surface area is 193 Å². The zero-order valence-corrected chi connectivity index (χ0v) is 19.2. The molecule has 3 aromatic rings. The van der Waals surface area contributed by atoms with Gasteiger partial charge < -0.3 is 19.1 Å². The van der Waals surface area contributed by atoms with Crippen LogP contribution in [-0.2, 0) is 22.5 Å². The molecule has 1 fully saturated rings. The molecule has 0 N–H and O–H groups in total. The van der Waals surface area contributed by atoms with Gasteiger partial charge in [-0.2, -0.15) is 0 Å². The van der Waals surface area contributed by atoms with Crippen LogP contribution in [0.5, 0.6) is 0 Å². The molecule has 1 aliphatic rings. The highest BCUT2D eigenvalue weighted by Gasteiger charge is 2.29. The number of halogens is 1. The van der Waals surface area contributed by atoms with E-state index < -0.39 is 0 Å². The third kappa shape index (κ3) is 5.25. The first-order chi connectivity index (χ1) is 16.1. The molecule has 1 atom stereocenters.